The number of hydrogen-bond acceptors (Lipinski definition) is 5. The summed E-state index contributed by atoms with van der Waals surface area (Å²) in [4.78, 5) is 29.9. The largest absolute Gasteiger partial charge is 0.344 e. The van der Waals surface area contributed by atoms with Crippen LogP contribution in [0.4, 0.5) is 5.13 Å². The molecule has 2 aromatic rings. The minimum absolute atomic E-state index is 0.163. The number of aromatic nitrogens is 1. The zero-order valence-corrected chi connectivity index (χ0v) is 16.7. The Morgan fingerprint density at radius 3 is 2.40 bits per heavy atom. The number of thiazole rings is 1. The molecule has 0 saturated carbocycles. The van der Waals surface area contributed by atoms with Gasteiger partial charge in [0.25, 0.3) is 0 Å². The lowest BCUT2D eigenvalue weighted by Gasteiger charge is -2.21. The Labute approximate surface area is 156 Å². The highest BCUT2D eigenvalue weighted by Crippen LogP contribution is 2.26. The maximum Gasteiger partial charge on any atom is 0.248 e. The van der Waals surface area contributed by atoms with E-state index in [1.165, 1.54) is 16.2 Å². The summed E-state index contributed by atoms with van der Waals surface area (Å²) in [7, 11) is 0. The molecular formula is C18H23N3O2S2. The van der Waals surface area contributed by atoms with E-state index in [4.69, 9.17) is 0 Å². The Morgan fingerprint density at radius 2 is 1.84 bits per heavy atom. The maximum atomic E-state index is 12.2. The van der Waals surface area contributed by atoms with E-state index in [2.05, 4.69) is 15.6 Å². The molecule has 0 fully saturated rings. The summed E-state index contributed by atoms with van der Waals surface area (Å²) in [6.07, 6.45) is 2.03. The van der Waals surface area contributed by atoms with Crippen molar-refractivity contribution < 1.29 is 9.59 Å². The minimum atomic E-state index is -0.625. The highest BCUT2D eigenvalue weighted by atomic mass is 32.2. The molecule has 1 heterocycles. The van der Waals surface area contributed by atoms with Crippen LogP contribution in [0.5, 0.6) is 0 Å². The van der Waals surface area contributed by atoms with E-state index in [1.54, 1.807) is 18.7 Å². The smallest absolute Gasteiger partial charge is 0.248 e. The van der Waals surface area contributed by atoms with E-state index < -0.39 is 11.5 Å². The number of anilines is 1. The van der Waals surface area contributed by atoms with Gasteiger partial charge < -0.3 is 10.6 Å². The summed E-state index contributed by atoms with van der Waals surface area (Å²) in [5, 5.41) is 7.90. The third-order valence-electron chi connectivity index (χ3n) is 3.54. The van der Waals surface area contributed by atoms with Crippen LogP contribution in [0, 0.1) is 5.41 Å². The summed E-state index contributed by atoms with van der Waals surface area (Å²) >= 11 is 3.05. The third-order valence-corrected chi connectivity index (χ3v) is 5.04. The first-order valence-electron chi connectivity index (χ1n) is 7.92. The van der Waals surface area contributed by atoms with Crippen molar-refractivity contribution in [2.24, 2.45) is 5.41 Å². The molecule has 1 aromatic carbocycles. The van der Waals surface area contributed by atoms with Crippen LogP contribution in [-0.2, 0) is 9.59 Å². The van der Waals surface area contributed by atoms with Crippen LogP contribution < -0.4 is 10.6 Å². The fraction of sp³-hybridized carbons (Fsp3) is 0.389. The molecule has 2 rings (SSSR count). The second-order valence-electron chi connectivity index (χ2n) is 6.70. The van der Waals surface area contributed by atoms with E-state index in [-0.39, 0.29) is 11.8 Å². The monoisotopic (exact) mass is 377 g/mol. The van der Waals surface area contributed by atoms with Crippen molar-refractivity contribution in [2.45, 2.75) is 38.6 Å². The van der Waals surface area contributed by atoms with Gasteiger partial charge >= 0.3 is 0 Å². The summed E-state index contributed by atoms with van der Waals surface area (Å²) < 4.78 is 0. The average molecular weight is 378 g/mol. The van der Waals surface area contributed by atoms with E-state index in [9.17, 15) is 9.59 Å². The lowest BCUT2D eigenvalue weighted by molar-refractivity contribution is -0.131. The molecule has 0 aliphatic carbocycles. The van der Waals surface area contributed by atoms with Crippen LogP contribution in [0.25, 0.3) is 11.3 Å². The average Bonchev–Trinajstić information content (AvgIpc) is 3.02. The number of carbonyl (C=O) groups excluding carboxylic acids is 2. The number of nitrogens with zero attached hydrogens (tertiary/aromatic N) is 1. The van der Waals surface area contributed by atoms with E-state index >= 15 is 0 Å². The van der Waals surface area contributed by atoms with Gasteiger partial charge in [0.15, 0.2) is 5.13 Å². The third kappa shape index (κ3) is 5.31. The van der Waals surface area contributed by atoms with Crippen molar-refractivity contribution >= 4 is 40.0 Å². The molecule has 0 saturated heterocycles. The minimum Gasteiger partial charge on any atom is -0.344 e. The van der Waals surface area contributed by atoms with Crippen molar-refractivity contribution in [1.29, 1.82) is 0 Å². The predicted octanol–water partition coefficient (Wildman–Crippen LogP) is 4.02. The summed E-state index contributed by atoms with van der Waals surface area (Å²) in [6.45, 7) is 7.09. The first-order chi connectivity index (χ1) is 11.7. The number of benzene rings is 1. The van der Waals surface area contributed by atoms with Crippen LogP contribution >= 0.6 is 23.1 Å². The lowest BCUT2D eigenvalue weighted by Crippen LogP contribution is -2.46. The number of hydrogen-bond donors (Lipinski definition) is 2. The second kappa shape index (κ2) is 8.01. The molecule has 1 atom stereocenters. The molecule has 7 heteroatoms. The van der Waals surface area contributed by atoms with Crippen LogP contribution in [0.15, 0.2) is 34.5 Å². The van der Waals surface area contributed by atoms with Gasteiger partial charge in [0.05, 0.1) is 5.69 Å². The van der Waals surface area contributed by atoms with Gasteiger partial charge in [-0.05, 0) is 25.3 Å². The van der Waals surface area contributed by atoms with Crippen LogP contribution in [0.2, 0.25) is 0 Å². The van der Waals surface area contributed by atoms with E-state index in [1.807, 2.05) is 56.7 Å². The zero-order valence-electron chi connectivity index (χ0n) is 15.0. The quantitative estimate of drug-likeness (QED) is 0.772. The van der Waals surface area contributed by atoms with E-state index in [0.29, 0.717) is 5.13 Å². The van der Waals surface area contributed by atoms with Crippen molar-refractivity contribution in [2.75, 3.05) is 11.6 Å². The molecule has 134 valence electrons. The lowest BCUT2D eigenvalue weighted by atomic mass is 9.95. The van der Waals surface area contributed by atoms with Crippen molar-refractivity contribution in [1.82, 2.24) is 10.3 Å². The molecule has 0 radical (unpaired) electrons. The Kier molecular flexibility index (Phi) is 6.24. The summed E-state index contributed by atoms with van der Waals surface area (Å²) in [5.41, 5.74) is 1.29. The number of rotatable bonds is 5. The molecular weight excluding hydrogens is 354 g/mol. The standard InChI is InChI=1S/C18H23N3O2S2/c1-11(19-16(23)18(2,3)4)15(22)21-17-20-14(10-25-17)12-6-8-13(24-5)9-7-12/h6-11H,1-5H3,(H,19,23)(H,20,21,22). The first-order valence-corrected chi connectivity index (χ1v) is 10.0. The Balaban J connectivity index is 2.00. The Morgan fingerprint density at radius 1 is 1.20 bits per heavy atom. The van der Waals surface area contributed by atoms with Crippen LogP contribution in [0.3, 0.4) is 0 Å². The molecule has 1 aromatic heterocycles. The highest BCUT2D eigenvalue weighted by molar-refractivity contribution is 7.98. The van der Waals surface area contributed by atoms with E-state index in [0.717, 1.165) is 11.3 Å². The normalized spacial score (nSPS) is 12.5. The number of amides is 2. The molecule has 1 unspecified atom stereocenters. The Bertz CT molecular complexity index is 748. The highest BCUT2D eigenvalue weighted by Gasteiger charge is 2.25. The van der Waals surface area contributed by atoms with Gasteiger partial charge in [0.2, 0.25) is 11.8 Å². The molecule has 25 heavy (non-hydrogen) atoms. The van der Waals surface area contributed by atoms with Gasteiger partial charge in [-0.3, -0.25) is 9.59 Å². The van der Waals surface area contributed by atoms with Gasteiger partial charge in [-0.25, -0.2) is 4.98 Å². The van der Waals surface area contributed by atoms with Gasteiger partial charge in [-0.2, -0.15) is 0 Å². The number of thioether (sulfide) groups is 1. The topological polar surface area (TPSA) is 71.1 Å². The number of nitrogens with one attached hydrogen (secondary N) is 2. The molecule has 0 aliphatic rings. The van der Waals surface area contributed by atoms with Crippen molar-refractivity contribution in [3.8, 4) is 11.3 Å². The number of carbonyl (C=O) groups is 2. The Hall–Kier alpha value is -1.86. The van der Waals surface area contributed by atoms with Gasteiger partial charge in [-0.1, -0.05) is 32.9 Å². The molecule has 2 N–H and O–H groups in total. The van der Waals surface area contributed by atoms with Gasteiger partial charge in [0.1, 0.15) is 6.04 Å². The van der Waals surface area contributed by atoms with Crippen LogP contribution in [-0.4, -0.2) is 29.1 Å². The predicted molar refractivity (Wildman–Crippen MR) is 105 cm³/mol. The van der Waals surface area contributed by atoms with Gasteiger partial charge in [0, 0.05) is 21.3 Å². The SMILES string of the molecule is CSc1ccc(-c2csc(NC(=O)C(C)NC(=O)C(C)(C)C)n2)cc1. The second-order valence-corrected chi connectivity index (χ2v) is 8.44. The fourth-order valence-electron chi connectivity index (χ4n) is 1.92. The van der Waals surface area contributed by atoms with Crippen molar-refractivity contribution in [3.63, 3.8) is 0 Å². The summed E-state index contributed by atoms with van der Waals surface area (Å²) in [6, 6.07) is 7.49. The van der Waals surface area contributed by atoms with Crippen molar-refractivity contribution in [3.05, 3.63) is 29.6 Å². The summed E-state index contributed by atoms with van der Waals surface area (Å²) in [5.74, 6) is -0.444. The first kappa shape index (κ1) is 19.5. The van der Waals surface area contributed by atoms with Crippen LogP contribution in [0.1, 0.15) is 27.7 Å². The molecule has 0 bridgehead atoms. The zero-order chi connectivity index (χ0) is 18.6. The molecule has 5 nitrogen and oxygen atoms in total. The molecule has 0 aliphatic heterocycles. The molecule has 0 spiro atoms. The fourth-order valence-corrected chi connectivity index (χ4v) is 3.05. The van der Waals surface area contributed by atoms with Gasteiger partial charge in [-0.15, -0.1) is 23.1 Å². The molecule has 2 amide bonds. The maximum absolute atomic E-state index is 12.2.